The van der Waals surface area contributed by atoms with Crippen molar-refractivity contribution in [1.29, 1.82) is 0 Å². The molecule has 27 heavy (non-hydrogen) atoms. The number of thioether (sulfide) groups is 1. The van der Waals surface area contributed by atoms with E-state index in [9.17, 15) is 14.4 Å². The van der Waals surface area contributed by atoms with Crippen LogP contribution in [0.25, 0.3) is 5.57 Å². The van der Waals surface area contributed by atoms with E-state index in [1.165, 1.54) is 11.8 Å². The predicted octanol–water partition coefficient (Wildman–Crippen LogP) is 5.77. The first-order valence-corrected chi connectivity index (χ1v) is 11.3. The summed E-state index contributed by atoms with van der Waals surface area (Å²) in [6.07, 6.45) is 0. The maximum Gasteiger partial charge on any atom is 0.525 e. The van der Waals surface area contributed by atoms with Crippen molar-refractivity contribution in [2.24, 2.45) is 0 Å². The molecule has 0 bridgehead atoms. The molecular weight excluding hydrogens is 399 g/mol. The normalized spacial score (nSPS) is 12.9. The molecule has 1 heterocycles. The Kier molecular flexibility index (Phi) is 5.17. The fraction of sp³-hybridized carbons (Fsp3) is 0. The molecular formula is C20H15O4PS2. The van der Waals surface area contributed by atoms with E-state index in [2.05, 4.69) is 0 Å². The molecule has 0 atom stereocenters. The van der Waals surface area contributed by atoms with E-state index in [4.69, 9.17) is 4.52 Å². The van der Waals surface area contributed by atoms with Crippen molar-refractivity contribution in [2.75, 3.05) is 0 Å². The number of phosphoric acid groups is 1. The monoisotopic (exact) mass is 414 g/mol. The van der Waals surface area contributed by atoms with Crippen molar-refractivity contribution in [3.8, 4) is 0 Å². The largest absolute Gasteiger partial charge is 0.525 e. The van der Waals surface area contributed by atoms with E-state index >= 15 is 0 Å². The zero-order valence-electron chi connectivity index (χ0n) is 14.0. The van der Waals surface area contributed by atoms with Crippen molar-refractivity contribution >= 4 is 36.9 Å². The van der Waals surface area contributed by atoms with E-state index in [1.807, 2.05) is 78.9 Å². The number of benzene rings is 3. The maximum atomic E-state index is 11.7. The summed E-state index contributed by atoms with van der Waals surface area (Å²) >= 11 is 2.84. The van der Waals surface area contributed by atoms with Gasteiger partial charge in [-0.1, -0.05) is 78.1 Å². The summed E-state index contributed by atoms with van der Waals surface area (Å²) in [5.74, 6) is 0. The first-order chi connectivity index (χ1) is 13.0. The van der Waals surface area contributed by atoms with Crippen LogP contribution in [0.4, 0.5) is 0 Å². The van der Waals surface area contributed by atoms with Gasteiger partial charge in [-0.2, -0.15) is 0 Å². The van der Waals surface area contributed by atoms with Crippen LogP contribution in [-0.4, -0.2) is 9.79 Å². The van der Waals surface area contributed by atoms with Gasteiger partial charge in [0.1, 0.15) is 0 Å². The van der Waals surface area contributed by atoms with Crippen molar-refractivity contribution in [3.63, 3.8) is 0 Å². The van der Waals surface area contributed by atoms with E-state index in [-0.39, 0.29) is 5.09 Å². The van der Waals surface area contributed by atoms with Crippen molar-refractivity contribution in [3.05, 3.63) is 95.1 Å². The van der Waals surface area contributed by atoms with Crippen LogP contribution in [0.1, 0.15) is 11.1 Å². The van der Waals surface area contributed by atoms with Crippen LogP contribution in [-0.2, 0) is 9.09 Å². The molecule has 7 heteroatoms. The number of hydrogen-bond donors (Lipinski definition) is 2. The lowest BCUT2D eigenvalue weighted by molar-refractivity contribution is 0.255. The van der Waals surface area contributed by atoms with E-state index in [1.54, 1.807) is 11.8 Å². The van der Waals surface area contributed by atoms with Crippen LogP contribution in [0.5, 0.6) is 0 Å². The fourth-order valence-electron chi connectivity index (χ4n) is 2.83. The first kappa shape index (κ1) is 18.4. The van der Waals surface area contributed by atoms with E-state index in [0.717, 1.165) is 25.8 Å². The molecule has 0 fully saturated rings. The lowest BCUT2D eigenvalue weighted by atomic mass is 9.98. The molecule has 0 amide bonds. The van der Waals surface area contributed by atoms with Crippen molar-refractivity contribution < 1.29 is 18.9 Å². The van der Waals surface area contributed by atoms with Crippen LogP contribution in [0.15, 0.2) is 98.6 Å². The highest BCUT2D eigenvalue weighted by molar-refractivity contribution is 8.03. The number of phosphoric ester groups is 1. The van der Waals surface area contributed by atoms with E-state index in [0.29, 0.717) is 5.57 Å². The molecule has 0 unspecified atom stereocenters. The van der Waals surface area contributed by atoms with Gasteiger partial charge in [0.15, 0.2) is 5.09 Å². The van der Waals surface area contributed by atoms with Gasteiger partial charge in [0.2, 0.25) is 0 Å². The minimum Gasteiger partial charge on any atom is -0.396 e. The minimum atomic E-state index is -4.73. The smallest absolute Gasteiger partial charge is 0.396 e. The molecule has 2 N–H and O–H groups in total. The van der Waals surface area contributed by atoms with Gasteiger partial charge in [0.25, 0.3) is 0 Å². The third-order valence-electron chi connectivity index (χ3n) is 3.89. The highest BCUT2D eigenvalue weighted by Gasteiger charge is 2.28. The van der Waals surface area contributed by atoms with Gasteiger partial charge in [-0.25, -0.2) is 4.57 Å². The Morgan fingerprint density at radius 1 is 0.815 bits per heavy atom. The molecule has 0 saturated carbocycles. The second-order valence-electron chi connectivity index (χ2n) is 5.75. The number of rotatable bonds is 4. The average Bonchev–Trinajstić information content (AvgIpc) is 2.65. The standard InChI is InChI=1S/C20H15O4PS2/c21-25(22,23)24-20(26-14-8-2-1-3-9-14)19-15-10-4-6-12-17(15)27-18-13-7-5-11-16(18)19/h1-13H,(H2,21,22,23). The van der Waals surface area contributed by atoms with Gasteiger partial charge in [0, 0.05) is 31.4 Å². The first-order valence-electron chi connectivity index (χ1n) is 8.10. The summed E-state index contributed by atoms with van der Waals surface area (Å²) in [5.41, 5.74) is 2.48. The molecule has 3 aromatic carbocycles. The van der Waals surface area contributed by atoms with Crippen LogP contribution in [0, 0.1) is 0 Å². The molecule has 0 aliphatic carbocycles. The van der Waals surface area contributed by atoms with Crippen LogP contribution < -0.4 is 0 Å². The van der Waals surface area contributed by atoms with Gasteiger partial charge in [-0.05, 0) is 24.3 Å². The molecule has 4 rings (SSSR count). The number of hydrogen-bond acceptors (Lipinski definition) is 4. The molecule has 136 valence electrons. The molecule has 0 spiro atoms. The lowest BCUT2D eigenvalue weighted by Crippen LogP contribution is -2.03. The van der Waals surface area contributed by atoms with Crippen LogP contribution >= 0.6 is 31.3 Å². The second-order valence-corrected chi connectivity index (χ2v) is 9.05. The average molecular weight is 414 g/mol. The molecule has 0 radical (unpaired) electrons. The summed E-state index contributed by atoms with van der Waals surface area (Å²) in [6, 6.07) is 25.0. The van der Waals surface area contributed by atoms with Crippen molar-refractivity contribution in [2.45, 2.75) is 14.7 Å². The highest BCUT2D eigenvalue weighted by atomic mass is 32.2. The van der Waals surface area contributed by atoms with Gasteiger partial charge in [0.05, 0.1) is 0 Å². The Balaban J connectivity index is 1.96. The minimum absolute atomic E-state index is 0.190. The Hall–Kier alpha value is -1.95. The molecule has 1 aliphatic heterocycles. The van der Waals surface area contributed by atoms with Gasteiger partial charge in [-0.15, -0.1) is 0 Å². The molecule has 0 saturated heterocycles. The number of fused-ring (bicyclic) bond motifs is 2. The molecule has 4 nitrogen and oxygen atoms in total. The Morgan fingerprint density at radius 2 is 1.33 bits per heavy atom. The molecule has 1 aliphatic rings. The Labute approximate surface area is 165 Å². The topological polar surface area (TPSA) is 66.8 Å². The summed E-state index contributed by atoms with van der Waals surface area (Å²) in [6.45, 7) is 0. The SMILES string of the molecule is O=P(O)(O)OC(Sc1ccccc1)=C1c2ccccc2Sc2ccccc21. The Morgan fingerprint density at radius 3 is 1.89 bits per heavy atom. The molecule has 0 aromatic heterocycles. The van der Waals surface area contributed by atoms with E-state index < -0.39 is 7.82 Å². The summed E-state index contributed by atoms with van der Waals surface area (Å²) in [7, 11) is -4.73. The fourth-order valence-corrected chi connectivity index (χ4v) is 5.49. The van der Waals surface area contributed by atoms with Crippen LogP contribution in [0.3, 0.4) is 0 Å². The maximum absolute atomic E-state index is 11.7. The quantitative estimate of drug-likeness (QED) is 0.251. The summed E-state index contributed by atoms with van der Waals surface area (Å²) in [5, 5.41) is 0.190. The van der Waals surface area contributed by atoms with Crippen molar-refractivity contribution in [1.82, 2.24) is 0 Å². The Bertz CT molecular complexity index is 1010. The second kappa shape index (κ2) is 7.58. The third-order valence-corrected chi connectivity index (χ3v) is 6.57. The zero-order valence-corrected chi connectivity index (χ0v) is 16.5. The lowest BCUT2D eigenvalue weighted by Gasteiger charge is -2.24. The molecule has 3 aromatic rings. The summed E-state index contributed by atoms with van der Waals surface area (Å²) in [4.78, 5) is 21.9. The highest BCUT2D eigenvalue weighted by Crippen LogP contribution is 2.52. The summed E-state index contributed by atoms with van der Waals surface area (Å²) < 4.78 is 16.9. The predicted molar refractivity (Wildman–Crippen MR) is 108 cm³/mol. The van der Waals surface area contributed by atoms with Gasteiger partial charge in [-0.3, -0.25) is 9.79 Å². The zero-order chi connectivity index (χ0) is 18.9. The third kappa shape index (κ3) is 4.15. The van der Waals surface area contributed by atoms with Gasteiger partial charge < -0.3 is 4.52 Å². The van der Waals surface area contributed by atoms with Crippen LogP contribution in [0.2, 0.25) is 0 Å². The van der Waals surface area contributed by atoms with Gasteiger partial charge >= 0.3 is 7.82 Å².